The summed E-state index contributed by atoms with van der Waals surface area (Å²) in [4.78, 5) is 37.0. The molecule has 0 amide bonds. The number of rotatable bonds is 50. The minimum atomic E-state index is -1.51. The van der Waals surface area contributed by atoms with Gasteiger partial charge < -0.3 is 28.5 Å². The molecule has 1 N–H and O–H groups in total. The Hall–Kier alpha value is -3.53. The van der Waals surface area contributed by atoms with Gasteiger partial charge in [-0.05, 0) is 70.6 Å². The molecule has 0 aromatic heterocycles. The zero-order valence-electron chi connectivity index (χ0n) is 44.9. The van der Waals surface area contributed by atoms with E-state index < -0.39 is 24.3 Å². The van der Waals surface area contributed by atoms with Gasteiger partial charge in [-0.15, -0.1) is 0 Å². The Kier molecular flexibility index (Phi) is 48.2. The fourth-order valence-electron chi connectivity index (χ4n) is 7.40. The first-order chi connectivity index (χ1) is 33.6. The Morgan fingerprint density at radius 3 is 1.23 bits per heavy atom. The number of nitrogens with zero attached hydrogens (tertiary/aromatic N) is 1. The molecule has 0 radical (unpaired) electrons. The van der Waals surface area contributed by atoms with E-state index in [1.54, 1.807) is 0 Å². The first-order valence-electron chi connectivity index (χ1n) is 27.8. The number of carboxylic acid groups (broad SMARTS) is 1. The lowest BCUT2D eigenvalue weighted by Crippen LogP contribution is -2.40. The predicted octanol–water partition coefficient (Wildman–Crippen LogP) is 16.0. The smallest absolute Gasteiger partial charge is 0.361 e. The summed E-state index contributed by atoms with van der Waals surface area (Å²) >= 11 is 0. The number of likely N-dealkylation sites (N-methyl/N-ethyl adjacent to an activating group) is 1. The Bertz CT molecular complexity index is 1400. The van der Waals surface area contributed by atoms with Crippen LogP contribution in [0.4, 0.5) is 0 Å². The summed E-state index contributed by atoms with van der Waals surface area (Å²) in [6.07, 6.45) is 64.1. The van der Waals surface area contributed by atoms with Crippen LogP contribution in [0.3, 0.4) is 0 Å². The van der Waals surface area contributed by atoms with Crippen LogP contribution in [0, 0.1) is 0 Å². The van der Waals surface area contributed by atoms with Crippen molar-refractivity contribution in [1.29, 1.82) is 0 Å². The quantitative estimate of drug-likeness (QED) is 0.0211. The molecule has 0 aromatic carbocycles. The van der Waals surface area contributed by atoms with Crippen molar-refractivity contribution in [2.75, 3.05) is 47.5 Å². The van der Waals surface area contributed by atoms with Crippen molar-refractivity contribution in [1.82, 2.24) is 0 Å². The molecule has 0 aromatic rings. The van der Waals surface area contributed by atoms with E-state index in [1.165, 1.54) is 109 Å². The van der Waals surface area contributed by atoms with E-state index in [-0.39, 0.29) is 32.2 Å². The second-order valence-corrected chi connectivity index (χ2v) is 19.5. The van der Waals surface area contributed by atoms with E-state index in [1.807, 2.05) is 21.1 Å². The zero-order chi connectivity index (χ0) is 50.6. The highest BCUT2D eigenvalue weighted by Crippen LogP contribution is 2.16. The maximum Gasteiger partial charge on any atom is 0.361 e. The molecule has 396 valence electrons. The lowest BCUT2D eigenvalue weighted by atomic mass is 10.0. The summed E-state index contributed by atoms with van der Waals surface area (Å²) in [5.41, 5.74) is 0. The van der Waals surface area contributed by atoms with Crippen molar-refractivity contribution in [3.05, 3.63) is 85.1 Å². The van der Waals surface area contributed by atoms with Gasteiger partial charge in [0.05, 0.1) is 34.4 Å². The van der Waals surface area contributed by atoms with Gasteiger partial charge in [0.25, 0.3) is 6.29 Å². The lowest BCUT2D eigenvalue weighted by Gasteiger charge is -2.25. The van der Waals surface area contributed by atoms with E-state index in [0.717, 1.165) is 83.5 Å². The number of hydrogen-bond acceptors (Lipinski definition) is 7. The number of esters is 2. The molecule has 0 saturated heterocycles. The number of carbonyl (C=O) groups is 3. The molecule has 0 bridgehead atoms. The average molecular weight is 967 g/mol. The minimum Gasteiger partial charge on any atom is -0.477 e. The molecule has 0 heterocycles. The van der Waals surface area contributed by atoms with Crippen LogP contribution in [0.15, 0.2) is 85.1 Å². The Balaban J connectivity index is 3.98. The monoisotopic (exact) mass is 967 g/mol. The maximum absolute atomic E-state index is 12.8. The molecular formula is C60H104NO8+. The highest BCUT2D eigenvalue weighted by molar-refractivity contribution is 5.71. The van der Waals surface area contributed by atoms with Crippen molar-refractivity contribution >= 4 is 17.9 Å². The fourth-order valence-corrected chi connectivity index (χ4v) is 7.40. The van der Waals surface area contributed by atoms with Crippen LogP contribution in [-0.2, 0) is 33.3 Å². The topological polar surface area (TPSA) is 108 Å². The van der Waals surface area contributed by atoms with Crippen LogP contribution in [0.2, 0.25) is 0 Å². The molecular weight excluding hydrogens is 863 g/mol. The summed E-state index contributed by atoms with van der Waals surface area (Å²) in [5, 5.41) is 9.63. The maximum atomic E-state index is 12.8. The lowest BCUT2D eigenvalue weighted by molar-refractivity contribution is -0.870. The van der Waals surface area contributed by atoms with Gasteiger partial charge in [0.1, 0.15) is 13.2 Å². The van der Waals surface area contributed by atoms with Crippen molar-refractivity contribution in [2.45, 2.75) is 232 Å². The van der Waals surface area contributed by atoms with Gasteiger partial charge in [-0.25, -0.2) is 4.79 Å². The van der Waals surface area contributed by atoms with Crippen molar-refractivity contribution < 1.29 is 42.9 Å². The molecule has 2 atom stereocenters. The molecule has 0 aliphatic carbocycles. The minimum absolute atomic E-state index is 0.183. The van der Waals surface area contributed by atoms with Crippen LogP contribution in [-0.4, -0.2) is 87.4 Å². The van der Waals surface area contributed by atoms with Gasteiger partial charge in [-0.1, -0.05) is 221 Å². The molecule has 0 fully saturated rings. The average Bonchev–Trinajstić information content (AvgIpc) is 3.31. The number of allylic oxidation sites excluding steroid dienone is 14. The first kappa shape index (κ1) is 65.5. The number of quaternary nitrogens is 1. The van der Waals surface area contributed by atoms with Crippen LogP contribution >= 0.6 is 0 Å². The number of aliphatic carboxylic acids is 1. The summed E-state index contributed by atoms with van der Waals surface area (Å²) < 4.78 is 22.7. The Labute approximate surface area is 423 Å². The standard InChI is InChI=1S/C60H103NO8/c1-6-8-10-12-14-15-16-17-18-19-20-21-22-23-24-25-26-27-28-29-30-31-32-33-34-35-36-37-38-39-40-41-42-43-45-47-49-51-58(63)69-56(54-67-57(62)50-48-46-44-13-11-9-7-2)55-68-60(59(64)65)66-53-52-61(3,4)5/h8,10,14-15,17-18,20-21,23-24,26-27,29-30,56,60H,6-7,9,11-13,16,19,22,25,28,31-55H2,1-5H3/p+1/b10-8-,15-14-,18-17-,21-20-,24-23-,27-26-,30-29-. The van der Waals surface area contributed by atoms with E-state index in [0.29, 0.717) is 17.4 Å². The van der Waals surface area contributed by atoms with Gasteiger partial charge >= 0.3 is 17.9 Å². The van der Waals surface area contributed by atoms with E-state index >= 15 is 0 Å². The predicted molar refractivity (Wildman–Crippen MR) is 290 cm³/mol. The fraction of sp³-hybridized carbons (Fsp3) is 0.717. The summed E-state index contributed by atoms with van der Waals surface area (Å²) in [5.74, 6) is -2.01. The van der Waals surface area contributed by atoms with Crippen LogP contribution in [0.1, 0.15) is 219 Å². The van der Waals surface area contributed by atoms with Gasteiger partial charge in [-0.3, -0.25) is 9.59 Å². The van der Waals surface area contributed by atoms with E-state index in [9.17, 15) is 19.5 Å². The van der Waals surface area contributed by atoms with Gasteiger partial charge in [0.2, 0.25) is 0 Å². The van der Waals surface area contributed by atoms with Crippen molar-refractivity contribution in [3.8, 4) is 0 Å². The van der Waals surface area contributed by atoms with Gasteiger partial charge in [0, 0.05) is 12.8 Å². The molecule has 0 saturated carbocycles. The first-order valence-corrected chi connectivity index (χ1v) is 27.8. The molecule has 0 rings (SSSR count). The SMILES string of the molecule is CC/C=C\C/C=C\C/C=C\C/C=C\C/C=C\C/C=C\C/C=C\CCCCCCCCCCCCCCCCCC(=O)OC(COC(=O)CCCCCCCCC)COC(OCC[N+](C)(C)C)C(=O)O. The summed E-state index contributed by atoms with van der Waals surface area (Å²) in [6, 6.07) is 0. The Morgan fingerprint density at radius 2 is 0.826 bits per heavy atom. The van der Waals surface area contributed by atoms with E-state index in [4.69, 9.17) is 18.9 Å². The molecule has 9 nitrogen and oxygen atoms in total. The number of carboxylic acids is 1. The number of hydrogen-bond donors (Lipinski definition) is 1. The molecule has 0 aliphatic rings. The van der Waals surface area contributed by atoms with Crippen LogP contribution in [0.25, 0.3) is 0 Å². The molecule has 9 heteroatoms. The molecule has 69 heavy (non-hydrogen) atoms. The van der Waals surface area contributed by atoms with Crippen LogP contribution < -0.4 is 0 Å². The van der Waals surface area contributed by atoms with Crippen molar-refractivity contribution in [2.24, 2.45) is 0 Å². The third-order valence-corrected chi connectivity index (χ3v) is 11.7. The van der Waals surface area contributed by atoms with Gasteiger partial charge in [-0.2, -0.15) is 0 Å². The number of ether oxygens (including phenoxy) is 4. The number of unbranched alkanes of at least 4 members (excludes halogenated alkanes) is 21. The van der Waals surface area contributed by atoms with Gasteiger partial charge in [0.15, 0.2) is 6.10 Å². The van der Waals surface area contributed by atoms with E-state index in [2.05, 4.69) is 98.9 Å². The number of carbonyl (C=O) groups excluding carboxylic acids is 2. The molecule has 0 aliphatic heterocycles. The second kappa shape index (κ2) is 50.8. The Morgan fingerprint density at radius 1 is 0.449 bits per heavy atom. The summed E-state index contributed by atoms with van der Waals surface area (Å²) in [7, 11) is 5.95. The van der Waals surface area contributed by atoms with Crippen LogP contribution in [0.5, 0.6) is 0 Å². The summed E-state index contributed by atoms with van der Waals surface area (Å²) in [6.45, 7) is 4.70. The highest BCUT2D eigenvalue weighted by atomic mass is 16.7. The zero-order valence-corrected chi connectivity index (χ0v) is 44.9. The molecule has 0 spiro atoms. The van der Waals surface area contributed by atoms with Crippen molar-refractivity contribution in [3.63, 3.8) is 0 Å². The third-order valence-electron chi connectivity index (χ3n) is 11.7. The normalized spacial score (nSPS) is 13.5. The largest absolute Gasteiger partial charge is 0.477 e. The molecule has 2 unspecified atom stereocenters. The second-order valence-electron chi connectivity index (χ2n) is 19.5. The third kappa shape index (κ3) is 52.1. The highest BCUT2D eigenvalue weighted by Gasteiger charge is 2.25.